The Hall–Kier alpha value is -6.82. The molecule has 6 aromatic rings. The first-order chi connectivity index (χ1) is 28.9. The molecule has 22 heteroatoms. The summed E-state index contributed by atoms with van der Waals surface area (Å²) in [5, 5.41) is 30.8. The van der Waals surface area contributed by atoms with Crippen LogP contribution in [0.3, 0.4) is 0 Å². The highest BCUT2D eigenvalue weighted by molar-refractivity contribution is 7.87. The first-order valence-electron chi connectivity index (χ1n) is 18.1. The second kappa shape index (κ2) is 19.8. The average Bonchev–Trinajstić information content (AvgIpc) is 3.25. The molecule has 6 rings (SSSR count). The first kappa shape index (κ1) is 42.8. The summed E-state index contributed by atoms with van der Waals surface area (Å²) in [5.74, 6) is -0.386. The number of rotatable bonds is 20. The lowest BCUT2D eigenvalue weighted by Gasteiger charge is -2.14. The molecule has 0 aliphatic carbocycles. The standard InChI is InChI=1S/C38H40N12O8S2/c1-25(23-51)39-33-43-35(41-29-15-5-3-6-16-29)47-37(45-33)49-57-59(53,54)31-19-11-9-13-27(31)21-22-28-14-10-12-20-32(28)60(55,56)58-50-38-46-34(40-26(2)24-52)44-36(48-38)42-30-17-7-4-8-18-30/h3-22,25-26,51-52H,23-24H2,1-2H3,(H3,39,41,43,45,47,49)(H3,40,42,44,46,48,50). The number of nitrogens with zero attached hydrogens (tertiary/aromatic N) is 6. The zero-order valence-corrected chi connectivity index (χ0v) is 33.6. The number of para-hydroxylation sites is 2. The van der Waals surface area contributed by atoms with Gasteiger partial charge in [-0.25, -0.2) is 11.0 Å². The van der Waals surface area contributed by atoms with Gasteiger partial charge in [0.25, 0.3) is 11.9 Å². The van der Waals surface area contributed by atoms with Crippen LogP contribution < -0.4 is 32.2 Å². The minimum atomic E-state index is -4.56. The molecule has 2 unspecified atom stereocenters. The van der Waals surface area contributed by atoms with E-state index in [0.29, 0.717) is 11.4 Å². The Kier molecular flexibility index (Phi) is 14.1. The van der Waals surface area contributed by atoms with Gasteiger partial charge in [-0.2, -0.15) is 46.7 Å². The maximum absolute atomic E-state index is 13.6. The molecular formula is C38H40N12O8S2. The van der Waals surface area contributed by atoms with Gasteiger partial charge in [-0.1, -0.05) is 84.9 Å². The Balaban J connectivity index is 1.20. The van der Waals surface area contributed by atoms with Crippen LogP contribution >= 0.6 is 0 Å². The van der Waals surface area contributed by atoms with Crippen molar-refractivity contribution in [3.8, 4) is 0 Å². The zero-order valence-electron chi connectivity index (χ0n) is 32.0. The quantitative estimate of drug-likeness (QED) is 0.0379. The molecule has 0 saturated carbocycles. The number of hydrogen-bond donors (Lipinski definition) is 8. The van der Waals surface area contributed by atoms with Crippen molar-refractivity contribution in [2.45, 2.75) is 35.7 Å². The van der Waals surface area contributed by atoms with Crippen LogP contribution in [0, 0.1) is 0 Å². The van der Waals surface area contributed by atoms with E-state index in [1.807, 2.05) is 12.1 Å². The van der Waals surface area contributed by atoms with Crippen LogP contribution in [-0.2, 0) is 28.8 Å². The Bertz CT molecular complexity index is 2450. The minimum Gasteiger partial charge on any atom is -0.394 e. The molecule has 2 heterocycles. The van der Waals surface area contributed by atoms with Crippen molar-refractivity contribution < 1.29 is 35.6 Å². The molecule has 60 heavy (non-hydrogen) atoms. The molecule has 0 saturated heterocycles. The predicted octanol–water partition coefficient (Wildman–Crippen LogP) is 4.76. The Morgan fingerprint density at radius 1 is 0.500 bits per heavy atom. The van der Waals surface area contributed by atoms with Gasteiger partial charge in [0.1, 0.15) is 9.79 Å². The lowest BCUT2D eigenvalue weighted by atomic mass is 10.1. The van der Waals surface area contributed by atoms with E-state index in [1.54, 1.807) is 74.5 Å². The smallest absolute Gasteiger partial charge is 0.318 e. The first-order valence-corrected chi connectivity index (χ1v) is 20.9. The highest BCUT2D eigenvalue weighted by Crippen LogP contribution is 2.25. The number of aliphatic hydroxyl groups excluding tert-OH is 2. The van der Waals surface area contributed by atoms with Crippen molar-refractivity contribution in [2.24, 2.45) is 0 Å². The summed E-state index contributed by atoms with van der Waals surface area (Å²) in [6, 6.07) is 28.8. The molecule has 2 atom stereocenters. The van der Waals surface area contributed by atoms with Crippen molar-refractivity contribution >= 4 is 79.5 Å². The lowest BCUT2D eigenvalue weighted by Crippen LogP contribution is -2.22. The summed E-state index contributed by atoms with van der Waals surface area (Å²) in [6.07, 6.45) is 2.80. The van der Waals surface area contributed by atoms with Crippen molar-refractivity contribution in [1.82, 2.24) is 29.9 Å². The summed E-state index contributed by atoms with van der Waals surface area (Å²) < 4.78 is 64.7. The van der Waals surface area contributed by atoms with Crippen molar-refractivity contribution in [3.05, 3.63) is 120 Å². The van der Waals surface area contributed by atoms with E-state index in [9.17, 15) is 27.0 Å². The molecule has 4 aromatic carbocycles. The second-order valence-electron chi connectivity index (χ2n) is 12.7. The molecular weight excluding hydrogens is 817 g/mol. The SMILES string of the molecule is CC(CO)Nc1nc(NOS(=O)(=O)c2ccccc2C=Cc2ccccc2S(=O)(=O)ONc2nc(Nc3ccccc3)nc(NC(C)CO)n2)nc(Nc2ccccc2)n1. The minimum absolute atomic E-state index is 0.0252. The third-order valence-corrected chi connectivity index (χ3v) is 10.4. The zero-order chi connectivity index (χ0) is 42.5. The number of benzene rings is 4. The van der Waals surface area contributed by atoms with Crippen LogP contribution in [0.1, 0.15) is 25.0 Å². The van der Waals surface area contributed by atoms with Crippen LogP contribution in [0.25, 0.3) is 12.2 Å². The molecule has 0 spiro atoms. The summed E-state index contributed by atoms with van der Waals surface area (Å²) >= 11 is 0. The summed E-state index contributed by atoms with van der Waals surface area (Å²) in [5.41, 5.74) is 6.14. The van der Waals surface area contributed by atoms with Crippen LogP contribution in [0.2, 0.25) is 0 Å². The normalized spacial score (nSPS) is 12.7. The Morgan fingerprint density at radius 2 is 0.833 bits per heavy atom. The lowest BCUT2D eigenvalue weighted by molar-refractivity contribution is 0.281. The fraction of sp³-hybridized carbons (Fsp3) is 0.158. The molecule has 0 fully saturated rings. The highest BCUT2D eigenvalue weighted by atomic mass is 32.2. The van der Waals surface area contributed by atoms with E-state index in [2.05, 4.69) is 62.1 Å². The number of aromatic nitrogens is 6. The van der Waals surface area contributed by atoms with Gasteiger partial charge in [0.2, 0.25) is 23.8 Å². The Morgan fingerprint density at radius 3 is 1.22 bits per heavy atom. The predicted molar refractivity (Wildman–Crippen MR) is 225 cm³/mol. The molecule has 0 amide bonds. The molecule has 2 aromatic heterocycles. The fourth-order valence-corrected chi connectivity index (χ4v) is 6.95. The summed E-state index contributed by atoms with van der Waals surface area (Å²) in [4.78, 5) is 24.8. The van der Waals surface area contributed by atoms with Crippen LogP contribution in [-0.4, -0.2) is 82.2 Å². The monoisotopic (exact) mass is 856 g/mol. The highest BCUT2D eigenvalue weighted by Gasteiger charge is 2.23. The number of aliphatic hydroxyl groups is 2. The van der Waals surface area contributed by atoms with Crippen LogP contribution in [0.4, 0.5) is 47.1 Å². The van der Waals surface area contributed by atoms with E-state index >= 15 is 0 Å². The molecule has 20 nitrogen and oxygen atoms in total. The number of nitrogens with one attached hydrogen (secondary N) is 6. The van der Waals surface area contributed by atoms with Crippen LogP contribution in [0.15, 0.2) is 119 Å². The molecule has 0 radical (unpaired) electrons. The van der Waals surface area contributed by atoms with E-state index in [1.165, 1.54) is 48.6 Å². The maximum Gasteiger partial charge on any atom is 0.318 e. The van der Waals surface area contributed by atoms with Gasteiger partial charge < -0.3 is 31.5 Å². The fourth-order valence-electron chi connectivity index (χ4n) is 5.06. The molecule has 0 aliphatic rings. The van der Waals surface area contributed by atoms with Crippen molar-refractivity contribution in [2.75, 3.05) is 45.4 Å². The molecule has 0 bridgehead atoms. The van der Waals surface area contributed by atoms with Gasteiger partial charge in [0.05, 0.1) is 13.2 Å². The van der Waals surface area contributed by atoms with Crippen LogP contribution in [0.5, 0.6) is 0 Å². The van der Waals surface area contributed by atoms with E-state index in [0.717, 1.165) is 0 Å². The largest absolute Gasteiger partial charge is 0.394 e. The topological polar surface area (TPSA) is 277 Å². The second-order valence-corrected chi connectivity index (χ2v) is 15.8. The van der Waals surface area contributed by atoms with Gasteiger partial charge in [0.15, 0.2) is 0 Å². The summed E-state index contributed by atoms with van der Waals surface area (Å²) in [7, 11) is -9.12. The third kappa shape index (κ3) is 11.9. The van der Waals surface area contributed by atoms with Gasteiger partial charge in [-0.3, -0.25) is 0 Å². The van der Waals surface area contributed by atoms with Gasteiger partial charge in [0, 0.05) is 23.5 Å². The average molecular weight is 857 g/mol. The molecule has 0 aliphatic heterocycles. The van der Waals surface area contributed by atoms with Crippen molar-refractivity contribution in [1.29, 1.82) is 0 Å². The number of hydrogen-bond acceptors (Lipinski definition) is 20. The van der Waals surface area contributed by atoms with Gasteiger partial charge in [-0.05, 0) is 61.4 Å². The van der Waals surface area contributed by atoms with E-state index in [-0.39, 0.29) is 69.8 Å². The Labute approximate surface area is 345 Å². The molecule has 8 N–H and O–H groups in total. The number of anilines is 8. The third-order valence-electron chi connectivity index (χ3n) is 7.93. The maximum atomic E-state index is 13.6. The molecule has 312 valence electrons. The van der Waals surface area contributed by atoms with E-state index in [4.69, 9.17) is 8.57 Å². The van der Waals surface area contributed by atoms with Gasteiger partial charge >= 0.3 is 20.2 Å². The van der Waals surface area contributed by atoms with Crippen molar-refractivity contribution in [3.63, 3.8) is 0 Å². The van der Waals surface area contributed by atoms with E-state index < -0.39 is 32.3 Å². The van der Waals surface area contributed by atoms with Gasteiger partial charge in [-0.15, -0.1) is 8.57 Å². The summed E-state index contributed by atoms with van der Waals surface area (Å²) in [6.45, 7) is 2.92.